The molecule has 3 aromatic rings. The molecule has 104 valence electrons. The number of nitriles is 1. The Balaban J connectivity index is 1.81. The molecule has 0 saturated carbocycles. The highest BCUT2D eigenvalue weighted by molar-refractivity contribution is 6.06. The van der Waals surface area contributed by atoms with Crippen molar-refractivity contribution in [2.24, 2.45) is 0 Å². The van der Waals surface area contributed by atoms with Crippen molar-refractivity contribution in [3.05, 3.63) is 30.2 Å². The summed E-state index contributed by atoms with van der Waals surface area (Å²) in [7, 11) is 0. The summed E-state index contributed by atoms with van der Waals surface area (Å²) in [5.41, 5.74) is 2.05. The van der Waals surface area contributed by atoms with Crippen molar-refractivity contribution >= 4 is 21.9 Å². The van der Waals surface area contributed by atoms with Gasteiger partial charge in [0.1, 0.15) is 29.3 Å². The molecule has 0 amide bonds. The highest BCUT2D eigenvalue weighted by Crippen LogP contribution is 2.27. The highest BCUT2D eigenvalue weighted by atomic mass is 16.5. The van der Waals surface area contributed by atoms with Crippen LogP contribution in [0.25, 0.3) is 21.9 Å². The van der Waals surface area contributed by atoms with Crippen LogP contribution in [0.2, 0.25) is 0 Å². The number of hydrogen-bond donors (Lipinski definition) is 2. The van der Waals surface area contributed by atoms with Crippen LogP contribution in [0.15, 0.2) is 24.5 Å². The van der Waals surface area contributed by atoms with Crippen molar-refractivity contribution in [2.45, 2.75) is 12.5 Å². The van der Waals surface area contributed by atoms with Gasteiger partial charge in [0.15, 0.2) is 0 Å². The van der Waals surface area contributed by atoms with Gasteiger partial charge in [-0.3, -0.25) is 0 Å². The molecule has 21 heavy (non-hydrogen) atoms. The molecule has 1 fully saturated rings. The second-order valence-corrected chi connectivity index (χ2v) is 5.15. The van der Waals surface area contributed by atoms with E-state index in [-0.39, 0.29) is 6.10 Å². The fourth-order valence-corrected chi connectivity index (χ4v) is 2.70. The van der Waals surface area contributed by atoms with Crippen molar-refractivity contribution in [3.8, 4) is 11.8 Å². The maximum absolute atomic E-state index is 8.98. The summed E-state index contributed by atoms with van der Waals surface area (Å²) in [6.45, 7) is 1.86. The van der Waals surface area contributed by atoms with E-state index in [0.29, 0.717) is 5.69 Å². The Kier molecular flexibility index (Phi) is 2.72. The number of H-pyrrole nitrogens is 1. The Morgan fingerprint density at radius 1 is 1.24 bits per heavy atom. The zero-order chi connectivity index (χ0) is 14.2. The van der Waals surface area contributed by atoms with E-state index in [9.17, 15) is 0 Å². The molecule has 1 aliphatic heterocycles. The van der Waals surface area contributed by atoms with E-state index in [4.69, 9.17) is 10.00 Å². The van der Waals surface area contributed by atoms with Crippen LogP contribution in [-0.4, -0.2) is 34.1 Å². The topological polar surface area (TPSA) is 86.6 Å². The van der Waals surface area contributed by atoms with Gasteiger partial charge in [0.05, 0.1) is 17.9 Å². The highest BCUT2D eigenvalue weighted by Gasteiger charge is 2.16. The number of fused-ring (bicyclic) bond motifs is 3. The number of pyridine rings is 2. The van der Waals surface area contributed by atoms with Gasteiger partial charge in [-0.2, -0.15) is 5.26 Å². The van der Waals surface area contributed by atoms with Crippen molar-refractivity contribution in [1.29, 1.82) is 5.26 Å². The molecule has 1 atom stereocenters. The van der Waals surface area contributed by atoms with Crippen LogP contribution in [0, 0.1) is 11.3 Å². The van der Waals surface area contributed by atoms with Gasteiger partial charge in [-0.25, -0.2) is 9.97 Å². The third-order valence-electron chi connectivity index (χ3n) is 3.74. The van der Waals surface area contributed by atoms with Crippen LogP contribution in [0.5, 0.6) is 5.75 Å². The predicted molar refractivity (Wildman–Crippen MR) is 78.0 cm³/mol. The number of ether oxygens (including phenoxy) is 1. The first-order valence-corrected chi connectivity index (χ1v) is 6.88. The monoisotopic (exact) mass is 279 g/mol. The first-order valence-electron chi connectivity index (χ1n) is 6.88. The Bertz CT molecular complexity index is 857. The van der Waals surface area contributed by atoms with Crippen LogP contribution in [0.3, 0.4) is 0 Å². The molecule has 0 aromatic carbocycles. The van der Waals surface area contributed by atoms with Gasteiger partial charge >= 0.3 is 0 Å². The van der Waals surface area contributed by atoms with E-state index in [0.717, 1.165) is 47.2 Å². The lowest BCUT2D eigenvalue weighted by Crippen LogP contribution is -2.19. The van der Waals surface area contributed by atoms with Gasteiger partial charge in [0.25, 0.3) is 0 Å². The fraction of sp³-hybridized carbons (Fsp3) is 0.267. The standard InChI is InChI=1S/C15H13N5O/c16-5-9-3-12-13-4-11(21-10-1-2-17-6-10)7-19-15(13)20-14(12)8-18-9/h3-4,7-8,10,17H,1-2,6H2,(H,19,20)/t10-/m0/s1. The number of nitrogens with one attached hydrogen (secondary N) is 2. The summed E-state index contributed by atoms with van der Waals surface area (Å²) >= 11 is 0. The van der Waals surface area contributed by atoms with E-state index in [1.54, 1.807) is 18.5 Å². The van der Waals surface area contributed by atoms with E-state index < -0.39 is 0 Å². The summed E-state index contributed by atoms with van der Waals surface area (Å²) in [4.78, 5) is 11.7. The normalized spacial score (nSPS) is 18.1. The van der Waals surface area contributed by atoms with Gasteiger partial charge in [-0.15, -0.1) is 0 Å². The SMILES string of the molecule is N#Cc1cc2c(cn1)[nH]c1ncc(O[C@H]3CCNC3)cc12. The molecule has 0 bridgehead atoms. The third kappa shape index (κ3) is 2.08. The Hall–Kier alpha value is -2.65. The summed E-state index contributed by atoms with van der Waals surface area (Å²) < 4.78 is 5.94. The molecule has 0 unspecified atom stereocenters. The average molecular weight is 279 g/mol. The molecule has 3 aromatic heterocycles. The number of rotatable bonds is 2. The lowest BCUT2D eigenvalue weighted by Gasteiger charge is -2.11. The van der Waals surface area contributed by atoms with Gasteiger partial charge in [0.2, 0.25) is 0 Å². The molecule has 4 heterocycles. The van der Waals surface area contributed by atoms with Crippen molar-refractivity contribution < 1.29 is 4.74 Å². The van der Waals surface area contributed by atoms with Crippen molar-refractivity contribution in [3.63, 3.8) is 0 Å². The van der Waals surface area contributed by atoms with Gasteiger partial charge in [0, 0.05) is 17.3 Å². The molecule has 0 aliphatic carbocycles. The van der Waals surface area contributed by atoms with E-state index >= 15 is 0 Å². The molecule has 0 radical (unpaired) electrons. The van der Waals surface area contributed by atoms with Gasteiger partial charge in [-0.1, -0.05) is 0 Å². The minimum atomic E-state index is 0.200. The number of aromatic nitrogens is 3. The molecule has 4 rings (SSSR count). The van der Waals surface area contributed by atoms with Gasteiger partial charge in [-0.05, 0) is 25.1 Å². The molecule has 1 aliphatic rings. The van der Waals surface area contributed by atoms with E-state index in [2.05, 4.69) is 26.3 Å². The predicted octanol–water partition coefficient (Wildman–Crippen LogP) is 1.72. The van der Waals surface area contributed by atoms with Crippen LogP contribution >= 0.6 is 0 Å². The Morgan fingerprint density at radius 3 is 3.00 bits per heavy atom. The summed E-state index contributed by atoms with van der Waals surface area (Å²) in [6.07, 6.45) is 4.60. The molecule has 6 nitrogen and oxygen atoms in total. The minimum Gasteiger partial charge on any atom is -0.487 e. The van der Waals surface area contributed by atoms with Crippen molar-refractivity contribution in [2.75, 3.05) is 13.1 Å². The quantitative estimate of drug-likeness (QED) is 0.746. The first-order chi connectivity index (χ1) is 10.3. The molecular formula is C15H13N5O. The van der Waals surface area contributed by atoms with E-state index in [1.807, 2.05) is 6.07 Å². The summed E-state index contributed by atoms with van der Waals surface area (Å²) in [6, 6.07) is 5.81. The zero-order valence-corrected chi connectivity index (χ0v) is 11.3. The molecule has 2 N–H and O–H groups in total. The third-order valence-corrected chi connectivity index (χ3v) is 3.74. The molecule has 6 heteroatoms. The summed E-state index contributed by atoms with van der Waals surface area (Å²) in [5.74, 6) is 0.757. The Morgan fingerprint density at radius 2 is 2.19 bits per heavy atom. The zero-order valence-electron chi connectivity index (χ0n) is 11.3. The second kappa shape index (κ2) is 4.72. The molecular weight excluding hydrogens is 266 g/mol. The number of hydrogen-bond acceptors (Lipinski definition) is 5. The second-order valence-electron chi connectivity index (χ2n) is 5.15. The van der Waals surface area contributed by atoms with Crippen molar-refractivity contribution in [1.82, 2.24) is 20.3 Å². The summed E-state index contributed by atoms with van der Waals surface area (Å²) in [5, 5.41) is 14.1. The first kappa shape index (κ1) is 12.1. The fourth-order valence-electron chi connectivity index (χ4n) is 2.70. The largest absolute Gasteiger partial charge is 0.487 e. The van der Waals surface area contributed by atoms with E-state index in [1.165, 1.54) is 0 Å². The number of aromatic amines is 1. The van der Waals surface area contributed by atoms with Crippen LogP contribution < -0.4 is 10.1 Å². The lowest BCUT2D eigenvalue weighted by molar-refractivity contribution is 0.222. The average Bonchev–Trinajstić information content (AvgIpc) is 3.14. The maximum atomic E-state index is 8.98. The van der Waals surface area contributed by atoms with Crippen LogP contribution in [0.1, 0.15) is 12.1 Å². The number of nitrogens with zero attached hydrogens (tertiary/aromatic N) is 3. The smallest absolute Gasteiger partial charge is 0.141 e. The van der Waals surface area contributed by atoms with Crippen LogP contribution in [-0.2, 0) is 0 Å². The minimum absolute atomic E-state index is 0.200. The Labute approximate surface area is 120 Å². The maximum Gasteiger partial charge on any atom is 0.141 e. The molecule has 1 saturated heterocycles. The molecule has 0 spiro atoms. The van der Waals surface area contributed by atoms with Crippen LogP contribution in [0.4, 0.5) is 0 Å². The van der Waals surface area contributed by atoms with Gasteiger partial charge < -0.3 is 15.0 Å². The lowest BCUT2D eigenvalue weighted by atomic mass is 10.2.